The number of rotatable bonds is 13. The number of sulfonamides is 1. The molecule has 0 aromatic rings. The standard InChI is InChI=1S/C14H32N2O3S/c1-5-14(6-2)16(11-12-19-4)20(17,18)13-9-8-10-15-7-3/h14-15H,5-13H2,1-4H3. The molecule has 0 aromatic carbocycles. The van der Waals surface area contributed by atoms with Crippen molar-refractivity contribution in [3.05, 3.63) is 0 Å². The summed E-state index contributed by atoms with van der Waals surface area (Å²) in [6.07, 6.45) is 3.29. The third-order valence-electron chi connectivity index (χ3n) is 3.48. The summed E-state index contributed by atoms with van der Waals surface area (Å²) < 4.78 is 31.6. The monoisotopic (exact) mass is 308 g/mol. The molecule has 0 aliphatic carbocycles. The zero-order chi connectivity index (χ0) is 15.4. The van der Waals surface area contributed by atoms with Gasteiger partial charge in [0, 0.05) is 19.7 Å². The highest BCUT2D eigenvalue weighted by atomic mass is 32.2. The number of methoxy groups -OCH3 is 1. The molecule has 0 aromatic heterocycles. The summed E-state index contributed by atoms with van der Waals surface area (Å²) in [6, 6.07) is 0.0870. The van der Waals surface area contributed by atoms with Gasteiger partial charge in [-0.2, -0.15) is 4.31 Å². The lowest BCUT2D eigenvalue weighted by molar-refractivity contribution is 0.163. The number of hydrogen-bond donors (Lipinski definition) is 1. The summed E-state index contributed by atoms with van der Waals surface area (Å²) in [7, 11) is -1.57. The van der Waals surface area contributed by atoms with Crippen LogP contribution in [0.3, 0.4) is 0 Å². The Hall–Kier alpha value is -0.170. The predicted molar refractivity (Wildman–Crippen MR) is 84.5 cm³/mol. The molecule has 20 heavy (non-hydrogen) atoms. The summed E-state index contributed by atoms with van der Waals surface area (Å²) in [5.74, 6) is 0.235. The maximum atomic E-state index is 12.5. The van der Waals surface area contributed by atoms with Crippen LogP contribution in [0.2, 0.25) is 0 Å². The molecule has 0 saturated heterocycles. The molecule has 0 rings (SSSR count). The van der Waals surface area contributed by atoms with E-state index in [1.807, 2.05) is 13.8 Å². The normalized spacial score (nSPS) is 12.5. The number of nitrogens with one attached hydrogen (secondary N) is 1. The van der Waals surface area contributed by atoms with Gasteiger partial charge in [0.2, 0.25) is 10.0 Å². The lowest BCUT2D eigenvalue weighted by atomic mass is 10.2. The first-order chi connectivity index (χ1) is 9.53. The highest BCUT2D eigenvalue weighted by Crippen LogP contribution is 2.15. The van der Waals surface area contributed by atoms with Gasteiger partial charge in [0.05, 0.1) is 12.4 Å². The summed E-state index contributed by atoms with van der Waals surface area (Å²) in [5.41, 5.74) is 0. The third kappa shape index (κ3) is 7.57. The van der Waals surface area contributed by atoms with Gasteiger partial charge < -0.3 is 10.1 Å². The smallest absolute Gasteiger partial charge is 0.214 e. The zero-order valence-electron chi connectivity index (χ0n) is 13.5. The third-order valence-corrected chi connectivity index (χ3v) is 5.48. The van der Waals surface area contributed by atoms with Crippen LogP contribution in [-0.4, -0.2) is 57.9 Å². The SMILES string of the molecule is CCNCCCCS(=O)(=O)N(CCOC)C(CC)CC. The lowest BCUT2D eigenvalue weighted by Gasteiger charge is -2.29. The molecule has 0 atom stereocenters. The number of ether oxygens (including phenoxy) is 1. The van der Waals surface area contributed by atoms with Crippen molar-refractivity contribution in [2.24, 2.45) is 0 Å². The van der Waals surface area contributed by atoms with Crippen molar-refractivity contribution < 1.29 is 13.2 Å². The molecule has 122 valence electrons. The highest BCUT2D eigenvalue weighted by Gasteiger charge is 2.27. The minimum Gasteiger partial charge on any atom is -0.383 e. The van der Waals surface area contributed by atoms with E-state index in [4.69, 9.17) is 4.74 Å². The second-order valence-electron chi connectivity index (χ2n) is 4.95. The van der Waals surface area contributed by atoms with Gasteiger partial charge in [-0.05, 0) is 38.8 Å². The van der Waals surface area contributed by atoms with Crippen LogP contribution in [0.4, 0.5) is 0 Å². The van der Waals surface area contributed by atoms with Gasteiger partial charge in [0.25, 0.3) is 0 Å². The van der Waals surface area contributed by atoms with Crippen LogP contribution in [0.15, 0.2) is 0 Å². The van der Waals surface area contributed by atoms with Gasteiger partial charge >= 0.3 is 0 Å². The molecule has 0 amide bonds. The molecule has 0 bridgehead atoms. The fourth-order valence-corrected chi connectivity index (χ4v) is 4.16. The first kappa shape index (κ1) is 19.8. The fraction of sp³-hybridized carbons (Fsp3) is 1.00. The Kier molecular flexibility index (Phi) is 11.4. The Morgan fingerprint density at radius 2 is 1.80 bits per heavy atom. The minimum absolute atomic E-state index is 0.0870. The van der Waals surface area contributed by atoms with Crippen LogP contribution in [0, 0.1) is 0 Å². The van der Waals surface area contributed by atoms with Crippen molar-refractivity contribution in [2.75, 3.05) is 39.1 Å². The molecule has 0 fully saturated rings. The quantitative estimate of drug-likeness (QED) is 0.528. The van der Waals surface area contributed by atoms with E-state index in [0.29, 0.717) is 19.6 Å². The molecule has 0 radical (unpaired) electrons. The van der Waals surface area contributed by atoms with E-state index in [0.717, 1.165) is 32.4 Å². The molecule has 0 spiro atoms. The maximum absolute atomic E-state index is 12.5. The number of hydrogen-bond acceptors (Lipinski definition) is 4. The Morgan fingerprint density at radius 1 is 1.15 bits per heavy atom. The molecule has 6 heteroatoms. The van der Waals surface area contributed by atoms with Crippen LogP contribution in [0.25, 0.3) is 0 Å². The average molecular weight is 308 g/mol. The minimum atomic E-state index is -3.18. The van der Waals surface area contributed by atoms with E-state index in [-0.39, 0.29) is 11.8 Å². The molecule has 0 unspecified atom stereocenters. The first-order valence-electron chi connectivity index (χ1n) is 7.72. The zero-order valence-corrected chi connectivity index (χ0v) is 14.3. The molecular weight excluding hydrogens is 276 g/mol. The van der Waals surface area contributed by atoms with E-state index >= 15 is 0 Å². The van der Waals surface area contributed by atoms with Crippen molar-refractivity contribution in [1.29, 1.82) is 0 Å². The Morgan fingerprint density at radius 3 is 2.30 bits per heavy atom. The Balaban J connectivity index is 4.51. The van der Waals surface area contributed by atoms with E-state index < -0.39 is 10.0 Å². The molecule has 0 aliphatic rings. The van der Waals surface area contributed by atoms with Crippen molar-refractivity contribution >= 4 is 10.0 Å². The van der Waals surface area contributed by atoms with Crippen LogP contribution in [0.1, 0.15) is 46.5 Å². The van der Waals surface area contributed by atoms with Crippen molar-refractivity contribution in [3.8, 4) is 0 Å². The molecule has 0 saturated carbocycles. The summed E-state index contributed by atoms with van der Waals surface area (Å²) in [6.45, 7) is 8.85. The topological polar surface area (TPSA) is 58.6 Å². The average Bonchev–Trinajstić information content (AvgIpc) is 2.43. The van der Waals surface area contributed by atoms with E-state index in [2.05, 4.69) is 12.2 Å². The Labute approximate surface area is 125 Å². The van der Waals surface area contributed by atoms with E-state index in [1.165, 1.54) is 0 Å². The van der Waals surface area contributed by atoms with Gasteiger partial charge in [-0.1, -0.05) is 20.8 Å². The number of nitrogens with zero attached hydrogens (tertiary/aromatic N) is 1. The van der Waals surface area contributed by atoms with Crippen LogP contribution in [0.5, 0.6) is 0 Å². The predicted octanol–water partition coefficient (Wildman–Crippen LogP) is 1.84. The van der Waals surface area contributed by atoms with Gasteiger partial charge in [0.15, 0.2) is 0 Å². The van der Waals surface area contributed by atoms with Crippen LogP contribution < -0.4 is 5.32 Å². The second-order valence-corrected chi connectivity index (χ2v) is 6.99. The van der Waals surface area contributed by atoms with Gasteiger partial charge in [0.1, 0.15) is 0 Å². The van der Waals surface area contributed by atoms with Crippen LogP contribution >= 0.6 is 0 Å². The van der Waals surface area contributed by atoms with Gasteiger partial charge in [-0.25, -0.2) is 8.42 Å². The van der Waals surface area contributed by atoms with Gasteiger partial charge in [-0.3, -0.25) is 0 Å². The second kappa shape index (κ2) is 11.5. The molecule has 0 aliphatic heterocycles. The highest BCUT2D eigenvalue weighted by molar-refractivity contribution is 7.89. The Bertz CT molecular complexity index is 316. The summed E-state index contributed by atoms with van der Waals surface area (Å²) in [4.78, 5) is 0. The van der Waals surface area contributed by atoms with Crippen molar-refractivity contribution in [1.82, 2.24) is 9.62 Å². The lowest BCUT2D eigenvalue weighted by Crippen LogP contribution is -2.43. The molecule has 5 nitrogen and oxygen atoms in total. The molecule has 0 heterocycles. The van der Waals surface area contributed by atoms with E-state index in [9.17, 15) is 8.42 Å². The maximum Gasteiger partial charge on any atom is 0.214 e. The van der Waals surface area contributed by atoms with Crippen molar-refractivity contribution in [3.63, 3.8) is 0 Å². The van der Waals surface area contributed by atoms with Crippen molar-refractivity contribution in [2.45, 2.75) is 52.5 Å². The largest absolute Gasteiger partial charge is 0.383 e. The summed E-state index contributed by atoms with van der Waals surface area (Å²) >= 11 is 0. The van der Waals surface area contributed by atoms with Crippen LogP contribution in [-0.2, 0) is 14.8 Å². The first-order valence-corrected chi connectivity index (χ1v) is 9.33. The van der Waals surface area contributed by atoms with E-state index in [1.54, 1.807) is 11.4 Å². The molecule has 1 N–H and O–H groups in total. The summed E-state index contributed by atoms with van der Waals surface area (Å²) in [5, 5.41) is 3.21. The van der Waals surface area contributed by atoms with Gasteiger partial charge in [-0.15, -0.1) is 0 Å². The number of unbranched alkanes of at least 4 members (excludes halogenated alkanes) is 1. The molecular formula is C14H32N2O3S. The fourth-order valence-electron chi connectivity index (χ4n) is 2.25.